The molecule has 0 aromatic carbocycles. The van der Waals surface area contributed by atoms with E-state index in [1.807, 2.05) is 6.08 Å². The molecule has 0 aliphatic heterocycles. The lowest BCUT2D eigenvalue weighted by atomic mass is 9.83. The van der Waals surface area contributed by atoms with Gasteiger partial charge in [-0.25, -0.2) is 0 Å². The van der Waals surface area contributed by atoms with Gasteiger partial charge in [-0.1, -0.05) is 12.2 Å². The minimum absolute atomic E-state index is 0.180. The van der Waals surface area contributed by atoms with Crippen molar-refractivity contribution < 1.29 is 14.7 Å². The molecule has 0 saturated heterocycles. The molecule has 1 amide bonds. The highest BCUT2D eigenvalue weighted by Crippen LogP contribution is 2.25. The summed E-state index contributed by atoms with van der Waals surface area (Å²) in [6, 6.07) is 0. The number of carboxylic acid groups (broad SMARTS) is 1. The smallest absolute Gasteiger partial charge is 0.311 e. The molecule has 2 unspecified atom stereocenters. The Hall–Kier alpha value is -0.970. The zero-order chi connectivity index (χ0) is 11.3. The molecule has 0 heterocycles. The maximum Gasteiger partial charge on any atom is 0.311 e. The number of thiol groups is 1. The first-order valence-corrected chi connectivity index (χ1v) is 5.58. The van der Waals surface area contributed by atoms with E-state index < -0.39 is 17.8 Å². The molecule has 2 N–H and O–H groups in total. The minimum atomic E-state index is -0.933. The van der Waals surface area contributed by atoms with Crippen LogP contribution in [-0.2, 0) is 9.59 Å². The van der Waals surface area contributed by atoms with Crippen LogP contribution in [0.3, 0.4) is 0 Å². The van der Waals surface area contributed by atoms with E-state index in [2.05, 4.69) is 17.9 Å². The first kappa shape index (κ1) is 12.1. The largest absolute Gasteiger partial charge is 0.481 e. The summed E-state index contributed by atoms with van der Waals surface area (Å²) in [5.41, 5.74) is 0. The molecule has 0 radical (unpaired) electrons. The SMILES string of the molecule is O=C(O)C1C=CCCC1C(=O)NCCS. The lowest BCUT2D eigenvalue weighted by molar-refractivity contribution is -0.145. The van der Waals surface area contributed by atoms with E-state index in [0.29, 0.717) is 18.7 Å². The molecule has 0 aromatic rings. The van der Waals surface area contributed by atoms with Crippen LogP contribution in [0.25, 0.3) is 0 Å². The third-order valence-corrected chi connectivity index (χ3v) is 2.68. The molecular formula is C10H15NO3S. The van der Waals surface area contributed by atoms with Gasteiger partial charge in [0.25, 0.3) is 0 Å². The van der Waals surface area contributed by atoms with Gasteiger partial charge in [-0.05, 0) is 12.8 Å². The van der Waals surface area contributed by atoms with Crippen LogP contribution in [0.2, 0.25) is 0 Å². The van der Waals surface area contributed by atoms with Crippen LogP contribution in [0.15, 0.2) is 12.2 Å². The predicted molar refractivity (Wildman–Crippen MR) is 59.9 cm³/mol. The molecule has 2 atom stereocenters. The number of hydrogen-bond donors (Lipinski definition) is 3. The van der Waals surface area contributed by atoms with Crippen molar-refractivity contribution in [3.8, 4) is 0 Å². The van der Waals surface area contributed by atoms with Crippen molar-refractivity contribution >= 4 is 24.5 Å². The summed E-state index contributed by atoms with van der Waals surface area (Å²) in [5.74, 6) is -1.67. The Morgan fingerprint density at radius 1 is 1.53 bits per heavy atom. The van der Waals surface area contributed by atoms with Gasteiger partial charge in [-0.3, -0.25) is 9.59 Å². The van der Waals surface area contributed by atoms with Gasteiger partial charge in [-0.2, -0.15) is 12.6 Å². The van der Waals surface area contributed by atoms with Crippen LogP contribution in [-0.4, -0.2) is 29.3 Å². The summed E-state index contributed by atoms with van der Waals surface area (Å²) in [7, 11) is 0. The molecule has 1 aliphatic rings. The van der Waals surface area contributed by atoms with Crippen molar-refractivity contribution in [1.82, 2.24) is 5.32 Å². The van der Waals surface area contributed by atoms with E-state index in [4.69, 9.17) is 5.11 Å². The highest BCUT2D eigenvalue weighted by molar-refractivity contribution is 7.80. The van der Waals surface area contributed by atoms with Crippen molar-refractivity contribution in [2.45, 2.75) is 12.8 Å². The van der Waals surface area contributed by atoms with Gasteiger partial charge in [-0.15, -0.1) is 0 Å². The van der Waals surface area contributed by atoms with Crippen LogP contribution >= 0.6 is 12.6 Å². The molecule has 5 heteroatoms. The third-order valence-electron chi connectivity index (χ3n) is 2.45. The second-order valence-electron chi connectivity index (χ2n) is 3.49. The second kappa shape index (κ2) is 5.80. The molecule has 84 valence electrons. The Labute approximate surface area is 94.2 Å². The molecule has 0 fully saturated rings. The van der Waals surface area contributed by atoms with E-state index in [9.17, 15) is 9.59 Å². The molecule has 1 aliphatic carbocycles. The highest BCUT2D eigenvalue weighted by atomic mass is 32.1. The average Bonchev–Trinajstić information content (AvgIpc) is 2.25. The average molecular weight is 229 g/mol. The fourth-order valence-electron chi connectivity index (χ4n) is 1.69. The summed E-state index contributed by atoms with van der Waals surface area (Å²) in [5, 5.41) is 11.6. The van der Waals surface area contributed by atoms with E-state index >= 15 is 0 Å². The second-order valence-corrected chi connectivity index (χ2v) is 3.94. The lowest BCUT2D eigenvalue weighted by Crippen LogP contribution is -2.39. The number of carboxylic acids is 1. The fraction of sp³-hybridized carbons (Fsp3) is 0.600. The maximum absolute atomic E-state index is 11.6. The molecule has 0 spiro atoms. The molecular weight excluding hydrogens is 214 g/mol. The zero-order valence-electron chi connectivity index (χ0n) is 8.35. The van der Waals surface area contributed by atoms with Gasteiger partial charge in [0.2, 0.25) is 5.91 Å². The predicted octanol–water partition coefficient (Wildman–Crippen LogP) is 0.699. The normalized spacial score (nSPS) is 24.9. The topological polar surface area (TPSA) is 66.4 Å². The number of carbonyl (C=O) groups excluding carboxylic acids is 1. The van der Waals surface area contributed by atoms with Gasteiger partial charge >= 0.3 is 5.97 Å². The van der Waals surface area contributed by atoms with Crippen molar-refractivity contribution in [3.63, 3.8) is 0 Å². The minimum Gasteiger partial charge on any atom is -0.481 e. The molecule has 15 heavy (non-hydrogen) atoms. The fourth-order valence-corrected chi connectivity index (χ4v) is 1.80. The summed E-state index contributed by atoms with van der Waals surface area (Å²) < 4.78 is 0. The number of carbonyl (C=O) groups is 2. The number of nitrogens with one attached hydrogen (secondary N) is 1. The highest BCUT2D eigenvalue weighted by Gasteiger charge is 2.32. The summed E-state index contributed by atoms with van der Waals surface area (Å²) in [6.45, 7) is 0.481. The number of allylic oxidation sites excluding steroid dienone is 1. The van der Waals surface area contributed by atoms with E-state index in [1.54, 1.807) is 6.08 Å². The quantitative estimate of drug-likeness (QED) is 0.491. The Morgan fingerprint density at radius 2 is 2.27 bits per heavy atom. The lowest BCUT2D eigenvalue weighted by Gasteiger charge is -2.23. The number of aliphatic carboxylic acids is 1. The third kappa shape index (κ3) is 3.27. The number of amides is 1. The summed E-state index contributed by atoms with van der Waals surface area (Å²) in [6.07, 6.45) is 4.80. The van der Waals surface area contributed by atoms with E-state index in [-0.39, 0.29) is 5.91 Å². The maximum atomic E-state index is 11.6. The Bertz CT molecular complexity index is 278. The van der Waals surface area contributed by atoms with E-state index in [0.717, 1.165) is 6.42 Å². The van der Waals surface area contributed by atoms with Crippen molar-refractivity contribution in [2.24, 2.45) is 11.8 Å². The van der Waals surface area contributed by atoms with Gasteiger partial charge in [0.05, 0.1) is 11.8 Å². The first-order chi connectivity index (χ1) is 7.16. The van der Waals surface area contributed by atoms with Crippen LogP contribution in [0.1, 0.15) is 12.8 Å². The molecule has 1 rings (SSSR count). The van der Waals surface area contributed by atoms with Crippen LogP contribution in [0.4, 0.5) is 0 Å². The van der Waals surface area contributed by atoms with Gasteiger partial charge in [0.15, 0.2) is 0 Å². The summed E-state index contributed by atoms with van der Waals surface area (Å²) in [4.78, 5) is 22.5. The first-order valence-electron chi connectivity index (χ1n) is 4.95. The van der Waals surface area contributed by atoms with E-state index in [1.165, 1.54) is 0 Å². The van der Waals surface area contributed by atoms with Gasteiger partial charge < -0.3 is 10.4 Å². The zero-order valence-corrected chi connectivity index (χ0v) is 9.24. The van der Waals surface area contributed by atoms with Crippen molar-refractivity contribution in [1.29, 1.82) is 0 Å². The van der Waals surface area contributed by atoms with Gasteiger partial charge in [0, 0.05) is 12.3 Å². The summed E-state index contributed by atoms with van der Waals surface area (Å²) >= 11 is 3.98. The van der Waals surface area contributed by atoms with Crippen LogP contribution < -0.4 is 5.32 Å². The Balaban J connectivity index is 2.62. The van der Waals surface area contributed by atoms with Crippen molar-refractivity contribution in [3.05, 3.63) is 12.2 Å². The Morgan fingerprint density at radius 3 is 2.87 bits per heavy atom. The Kier molecular flexibility index (Phi) is 4.68. The standard InChI is InChI=1S/C10H15NO3S/c12-9(11-5-6-15)7-3-1-2-4-8(7)10(13)14/h2,4,7-8,15H,1,3,5-6H2,(H,11,12)(H,13,14). The van der Waals surface area contributed by atoms with Crippen LogP contribution in [0, 0.1) is 11.8 Å². The molecule has 0 saturated carbocycles. The van der Waals surface area contributed by atoms with Gasteiger partial charge in [0.1, 0.15) is 0 Å². The van der Waals surface area contributed by atoms with Crippen molar-refractivity contribution in [2.75, 3.05) is 12.3 Å². The number of rotatable bonds is 4. The van der Waals surface area contributed by atoms with Crippen LogP contribution in [0.5, 0.6) is 0 Å². The molecule has 4 nitrogen and oxygen atoms in total. The monoisotopic (exact) mass is 229 g/mol. The molecule has 0 bridgehead atoms. The number of hydrogen-bond acceptors (Lipinski definition) is 3. The molecule has 0 aromatic heterocycles.